The molecule has 1 N–H and O–H groups in total. The summed E-state index contributed by atoms with van der Waals surface area (Å²) in [7, 11) is 1.22. The molecule has 27 heavy (non-hydrogen) atoms. The van der Waals surface area contributed by atoms with Gasteiger partial charge in [-0.05, 0) is 32.0 Å². The number of nitrogens with zero attached hydrogens (tertiary/aromatic N) is 2. The summed E-state index contributed by atoms with van der Waals surface area (Å²) in [5.74, 6) is -1.30. The lowest BCUT2D eigenvalue weighted by molar-refractivity contribution is -0.137. The number of alkyl halides is 3. The molecule has 0 unspecified atom stereocenters. The SMILES string of the molecule is COC(=O)c1cc(C)sc1NC(=O)c1c(C)nc2ccc(C(F)(F)F)cn12. The molecule has 0 saturated heterocycles. The Morgan fingerprint density at radius 3 is 2.59 bits per heavy atom. The number of esters is 1. The molecule has 10 heteroatoms. The number of ether oxygens (including phenoxy) is 1. The predicted molar refractivity (Wildman–Crippen MR) is 93.3 cm³/mol. The molecule has 0 atom stereocenters. The Morgan fingerprint density at radius 1 is 1.26 bits per heavy atom. The molecule has 0 aliphatic heterocycles. The van der Waals surface area contributed by atoms with Crippen molar-refractivity contribution in [3.63, 3.8) is 0 Å². The first-order valence-electron chi connectivity index (χ1n) is 7.68. The largest absolute Gasteiger partial charge is 0.465 e. The smallest absolute Gasteiger partial charge is 0.417 e. The number of halogens is 3. The number of anilines is 1. The standard InChI is InChI=1S/C17H14F3N3O3S/c1-8-6-11(16(25)26-3)15(27-8)22-14(24)13-9(2)21-12-5-4-10(7-23(12)13)17(18,19)20/h4-7H,1-3H3,(H,22,24). The number of imidazole rings is 1. The summed E-state index contributed by atoms with van der Waals surface area (Å²) in [5, 5.41) is 2.83. The van der Waals surface area contributed by atoms with E-state index in [2.05, 4.69) is 15.0 Å². The Labute approximate surface area is 155 Å². The molecule has 0 bridgehead atoms. The molecule has 0 aliphatic rings. The first-order valence-corrected chi connectivity index (χ1v) is 8.49. The minimum Gasteiger partial charge on any atom is -0.465 e. The first-order chi connectivity index (χ1) is 12.6. The van der Waals surface area contributed by atoms with Crippen molar-refractivity contribution in [1.29, 1.82) is 0 Å². The van der Waals surface area contributed by atoms with Crippen LogP contribution in [0.25, 0.3) is 5.65 Å². The second-order valence-electron chi connectivity index (χ2n) is 5.74. The second-order valence-corrected chi connectivity index (χ2v) is 6.99. The molecule has 0 saturated carbocycles. The number of hydrogen-bond donors (Lipinski definition) is 1. The molecule has 3 aromatic rings. The lowest BCUT2D eigenvalue weighted by atomic mass is 10.2. The van der Waals surface area contributed by atoms with Crippen molar-refractivity contribution in [1.82, 2.24) is 9.38 Å². The Bertz CT molecular complexity index is 1050. The monoisotopic (exact) mass is 397 g/mol. The van der Waals surface area contributed by atoms with E-state index in [-0.39, 0.29) is 27.6 Å². The Hall–Kier alpha value is -2.88. The van der Waals surface area contributed by atoms with E-state index in [1.807, 2.05) is 0 Å². The van der Waals surface area contributed by atoms with Crippen LogP contribution in [-0.2, 0) is 10.9 Å². The zero-order chi connectivity index (χ0) is 19.9. The highest BCUT2D eigenvalue weighted by molar-refractivity contribution is 7.16. The van der Waals surface area contributed by atoms with E-state index in [1.54, 1.807) is 13.0 Å². The van der Waals surface area contributed by atoms with Gasteiger partial charge in [-0.25, -0.2) is 9.78 Å². The van der Waals surface area contributed by atoms with Gasteiger partial charge >= 0.3 is 12.1 Å². The molecule has 3 heterocycles. The maximum atomic E-state index is 13.0. The summed E-state index contributed by atoms with van der Waals surface area (Å²) < 4.78 is 44.8. The van der Waals surface area contributed by atoms with Crippen LogP contribution < -0.4 is 5.32 Å². The van der Waals surface area contributed by atoms with Crippen molar-refractivity contribution in [3.05, 3.63) is 51.8 Å². The number of amides is 1. The van der Waals surface area contributed by atoms with Crippen LogP contribution in [0.3, 0.4) is 0 Å². The van der Waals surface area contributed by atoms with Gasteiger partial charge in [0.05, 0.1) is 23.9 Å². The van der Waals surface area contributed by atoms with Crippen molar-refractivity contribution in [3.8, 4) is 0 Å². The predicted octanol–water partition coefficient (Wildman–Crippen LogP) is 4.07. The Kier molecular flexibility index (Phi) is 4.68. The van der Waals surface area contributed by atoms with Crippen molar-refractivity contribution in [2.24, 2.45) is 0 Å². The van der Waals surface area contributed by atoms with Crippen LogP contribution in [0.2, 0.25) is 0 Å². The third kappa shape index (κ3) is 3.52. The number of pyridine rings is 1. The number of carbonyl (C=O) groups is 2. The third-order valence-electron chi connectivity index (χ3n) is 3.82. The van der Waals surface area contributed by atoms with E-state index in [4.69, 9.17) is 0 Å². The zero-order valence-corrected chi connectivity index (χ0v) is 15.3. The number of rotatable bonds is 3. The van der Waals surface area contributed by atoms with Gasteiger partial charge in [0.25, 0.3) is 5.91 Å². The molecule has 0 radical (unpaired) electrons. The summed E-state index contributed by atoms with van der Waals surface area (Å²) in [4.78, 5) is 29.5. The average molecular weight is 397 g/mol. The topological polar surface area (TPSA) is 72.7 Å². The van der Waals surface area contributed by atoms with Crippen LogP contribution in [0, 0.1) is 13.8 Å². The number of methoxy groups -OCH3 is 1. The second kappa shape index (κ2) is 6.69. The quantitative estimate of drug-likeness (QED) is 0.677. The van der Waals surface area contributed by atoms with Gasteiger partial charge in [-0.15, -0.1) is 11.3 Å². The molecule has 0 fully saturated rings. The average Bonchev–Trinajstić information content (AvgIpc) is 3.11. The minimum atomic E-state index is -4.55. The maximum absolute atomic E-state index is 13.0. The van der Waals surface area contributed by atoms with Crippen LogP contribution in [-0.4, -0.2) is 28.4 Å². The summed E-state index contributed by atoms with van der Waals surface area (Å²) in [6.07, 6.45) is -3.73. The normalized spacial score (nSPS) is 11.6. The van der Waals surface area contributed by atoms with Crippen LogP contribution in [0.4, 0.5) is 18.2 Å². The highest BCUT2D eigenvalue weighted by Gasteiger charge is 2.32. The van der Waals surface area contributed by atoms with Crippen LogP contribution in [0.15, 0.2) is 24.4 Å². The van der Waals surface area contributed by atoms with Gasteiger partial charge in [-0.3, -0.25) is 9.20 Å². The molecule has 0 spiro atoms. The van der Waals surface area contributed by atoms with Crippen LogP contribution in [0.1, 0.15) is 37.0 Å². The van der Waals surface area contributed by atoms with E-state index >= 15 is 0 Å². The first kappa shape index (κ1) is 18.9. The number of nitrogens with one attached hydrogen (secondary N) is 1. The highest BCUT2D eigenvalue weighted by atomic mass is 32.1. The molecule has 3 aromatic heterocycles. The van der Waals surface area contributed by atoms with Gasteiger partial charge in [0, 0.05) is 11.1 Å². The molecule has 3 rings (SSSR count). The van der Waals surface area contributed by atoms with Crippen molar-refractivity contribution in [2.75, 3.05) is 12.4 Å². The summed E-state index contributed by atoms with van der Waals surface area (Å²) in [5.41, 5.74) is -0.293. The number of thiophene rings is 1. The molecule has 6 nitrogen and oxygen atoms in total. The van der Waals surface area contributed by atoms with E-state index in [9.17, 15) is 22.8 Å². The third-order valence-corrected chi connectivity index (χ3v) is 4.79. The van der Waals surface area contributed by atoms with Crippen molar-refractivity contribution < 1.29 is 27.5 Å². The van der Waals surface area contributed by atoms with Gasteiger partial charge in [-0.1, -0.05) is 0 Å². The zero-order valence-electron chi connectivity index (χ0n) is 14.5. The van der Waals surface area contributed by atoms with E-state index in [1.165, 1.54) is 20.1 Å². The van der Waals surface area contributed by atoms with Crippen molar-refractivity contribution in [2.45, 2.75) is 20.0 Å². The number of aryl methyl sites for hydroxylation is 2. The lowest BCUT2D eigenvalue weighted by Gasteiger charge is -2.09. The van der Waals surface area contributed by atoms with E-state index in [0.717, 1.165) is 32.9 Å². The molecule has 1 amide bonds. The van der Waals surface area contributed by atoms with Gasteiger partial charge in [0.1, 0.15) is 16.3 Å². The molecule has 0 aliphatic carbocycles. The molecular formula is C17H14F3N3O3S. The van der Waals surface area contributed by atoms with Crippen LogP contribution >= 0.6 is 11.3 Å². The molecular weight excluding hydrogens is 383 g/mol. The summed E-state index contributed by atoms with van der Waals surface area (Å²) >= 11 is 1.16. The van der Waals surface area contributed by atoms with E-state index < -0.39 is 23.6 Å². The summed E-state index contributed by atoms with van der Waals surface area (Å²) in [6.45, 7) is 3.28. The minimum absolute atomic E-state index is 0.0435. The van der Waals surface area contributed by atoms with Gasteiger partial charge in [0.15, 0.2) is 0 Å². The fraction of sp³-hybridized carbons (Fsp3) is 0.235. The number of carbonyl (C=O) groups excluding carboxylic acids is 2. The Morgan fingerprint density at radius 2 is 1.96 bits per heavy atom. The lowest BCUT2D eigenvalue weighted by Crippen LogP contribution is -2.17. The number of aromatic nitrogens is 2. The van der Waals surface area contributed by atoms with Gasteiger partial charge in [0.2, 0.25) is 0 Å². The van der Waals surface area contributed by atoms with Gasteiger partial charge in [-0.2, -0.15) is 13.2 Å². The fourth-order valence-electron chi connectivity index (χ4n) is 2.63. The number of hydrogen-bond acceptors (Lipinski definition) is 5. The summed E-state index contributed by atoms with van der Waals surface area (Å²) in [6, 6.07) is 3.67. The van der Waals surface area contributed by atoms with Gasteiger partial charge < -0.3 is 10.1 Å². The number of fused-ring (bicyclic) bond motifs is 1. The molecule has 142 valence electrons. The Balaban J connectivity index is 2.04. The van der Waals surface area contributed by atoms with Crippen molar-refractivity contribution >= 4 is 33.9 Å². The van der Waals surface area contributed by atoms with Crippen LogP contribution in [0.5, 0.6) is 0 Å². The van der Waals surface area contributed by atoms with E-state index in [0.29, 0.717) is 0 Å². The fourth-order valence-corrected chi connectivity index (χ4v) is 3.53. The highest BCUT2D eigenvalue weighted by Crippen LogP contribution is 2.31. The molecule has 0 aromatic carbocycles. The maximum Gasteiger partial charge on any atom is 0.417 e.